The van der Waals surface area contributed by atoms with E-state index in [1.807, 2.05) is 50.2 Å². The van der Waals surface area contributed by atoms with E-state index >= 15 is 0 Å². The smallest absolute Gasteiger partial charge is 0.253 e. The molecule has 0 aromatic heterocycles. The predicted octanol–water partition coefficient (Wildman–Crippen LogP) is 3.54. The highest BCUT2D eigenvalue weighted by Crippen LogP contribution is 2.17. The van der Waals surface area contributed by atoms with Crippen LogP contribution < -0.4 is 9.47 Å². The van der Waals surface area contributed by atoms with Gasteiger partial charge in [0.2, 0.25) is 0 Å². The summed E-state index contributed by atoms with van der Waals surface area (Å²) in [4.78, 5) is 13.8. The van der Waals surface area contributed by atoms with Crippen molar-refractivity contribution in [3.8, 4) is 11.5 Å². The van der Waals surface area contributed by atoms with E-state index < -0.39 is 0 Å². The van der Waals surface area contributed by atoms with Crippen molar-refractivity contribution in [1.82, 2.24) is 4.90 Å². The van der Waals surface area contributed by atoms with Crippen LogP contribution in [0.5, 0.6) is 11.5 Å². The molecule has 0 radical (unpaired) electrons. The highest BCUT2D eigenvalue weighted by atomic mass is 16.5. The van der Waals surface area contributed by atoms with Gasteiger partial charge in [-0.05, 0) is 43.7 Å². The summed E-state index contributed by atoms with van der Waals surface area (Å²) in [5.41, 5.74) is 1.73. The number of amides is 1. The number of hydrogen-bond donors (Lipinski definition) is 0. The topological polar surface area (TPSA) is 38.8 Å². The lowest BCUT2D eigenvalue weighted by atomic mass is 10.2. The van der Waals surface area contributed by atoms with Gasteiger partial charge in [-0.25, -0.2) is 0 Å². The van der Waals surface area contributed by atoms with E-state index in [0.717, 1.165) is 11.3 Å². The molecule has 0 heterocycles. The van der Waals surface area contributed by atoms with E-state index in [9.17, 15) is 4.79 Å². The molecule has 0 saturated heterocycles. The Labute approximate surface area is 137 Å². The number of benzene rings is 2. The SMILES string of the molecule is CCN(C)C(=O)c1cccc(OCCOc2ccccc2C)c1. The number of ether oxygens (including phenoxy) is 2. The third-order valence-electron chi connectivity index (χ3n) is 3.61. The van der Waals surface area contributed by atoms with Gasteiger partial charge in [0.05, 0.1) is 0 Å². The van der Waals surface area contributed by atoms with Gasteiger partial charge in [0, 0.05) is 19.2 Å². The summed E-state index contributed by atoms with van der Waals surface area (Å²) in [6.07, 6.45) is 0. The molecule has 0 atom stereocenters. The van der Waals surface area contributed by atoms with Crippen molar-refractivity contribution in [2.45, 2.75) is 13.8 Å². The van der Waals surface area contributed by atoms with Gasteiger partial charge in [-0.1, -0.05) is 24.3 Å². The molecule has 0 aliphatic heterocycles. The molecule has 1 amide bonds. The molecule has 0 unspecified atom stereocenters. The zero-order valence-corrected chi connectivity index (χ0v) is 13.9. The molecule has 0 fully saturated rings. The molecule has 0 bridgehead atoms. The van der Waals surface area contributed by atoms with Gasteiger partial charge in [0.15, 0.2) is 0 Å². The quantitative estimate of drug-likeness (QED) is 0.734. The molecular weight excluding hydrogens is 290 g/mol. The first-order chi connectivity index (χ1) is 11.1. The molecule has 2 aromatic carbocycles. The Bertz CT molecular complexity index is 655. The minimum Gasteiger partial charge on any atom is -0.490 e. The molecule has 2 rings (SSSR count). The number of carbonyl (C=O) groups excluding carboxylic acids is 1. The van der Waals surface area contributed by atoms with Crippen LogP contribution >= 0.6 is 0 Å². The van der Waals surface area contributed by atoms with E-state index in [1.54, 1.807) is 24.1 Å². The highest BCUT2D eigenvalue weighted by Gasteiger charge is 2.10. The van der Waals surface area contributed by atoms with Crippen LogP contribution in [-0.4, -0.2) is 37.6 Å². The average Bonchev–Trinajstić information content (AvgIpc) is 2.59. The van der Waals surface area contributed by atoms with Gasteiger partial charge < -0.3 is 14.4 Å². The molecule has 0 aliphatic rings. The van der Waals surface area contributed by atoms with Crippen molar-refractivity contribution in [3.63, 3.8) is 0 Å². The second kappa shape index (κ2) is 8.22. The number of aryl methyl sites for hydroxylation is 1. The van der Waals surface area contributed by atoms with E-state index in [4.69, 9.17) is 9.47 Å². The fourth-order valence-corrected chi connectivity index (χ4v) is 2.11. The van der Waals surface area contributed by atoms with Crippen molar-refractivity contribution in [1.29, 1.82) is 0 Å². The van der Waals surface area contributed by atoms with Crippen molar-refractivity contribution < 1.29 is 14.3 Å². The lowest BCUT2D eigenvalue weighted by molar-refractivity contribution is 0.0802. The summed E-state index contributed by atoms with van der Waals surface area (Å²) in [7, 11) is 1.78. The fourth-order valence-electron chi connectivity index (χ4n) is 2.11. The molecular formula is C19H23NO3. The zero-order valence-electron chi connectivity index (χ0n) is 13.9. The maximum Gasteiger partial charge on any atom is 0.253 e. The number of rotatable bonds is 7. The van der Waals surface area contributed by atoms with Crippen molar-refractivity contribution in [3.05, 3.63) is 59.7 Å². The van der Waals surface area contributed by atoms with Crippen molar-refractivity contribution >= 4 is 5.91 Å². The largest absolute Gasteiger partial charge is 0.490 e. The molecule has 4 heteroatoms. The Morgan fingerprint density at radius 3 is 2.52 bits per heavy atom. The van der Waals surface area contributed by atoms with E-state index in [1.165, 1.54) is 0 Å². The third kappa shape index (κ3) is 4.74. The molecule has 0 aliphatic carbocycles. The highest BCUT2D eigenvalue weighted by molar-refractivity contribution is 5.94. The first kappa shape index (κ1) is 16.9. The van der Waals surface area contributed by atoms with Crippen LogP contribution in [0.3, 0.4) is 0 Å². The van der Waals surface area contributed by atoms with E-state index in [0.29, 0.717) is 31.1 Å². The average molecular weight is 313 g/mol. The lowest BCUT2D eigenvalue weighted by Gasteiger charge is -2.15. The van der Waals surface area contributed by atoms with Crippen LogP contribution in [0.4, 0.5) is 0 Å². The second-order valence-corrected chi connectivity index (χ2v) is 5.31. The summed E-state index contributed by atoms with van der Waals surface area (Å²) in [5.74, 6) is 1.53. The van der Waals surface area contributed by atoms with Gasteiger partial charge in [0.1, 0.15) is 24.7 Å². The Hall–Kier alpha value is -2.49. The minimum absolute atomic E-state index is 0.00545. The van der Waals surface area contributed by atoms with Gasteiger partial charge >= 0.3 is 0 Å². The third-order valence-corrected chi connectivity index (χ3v) is 3.61. The van der Waals surface area contributed by atoms with Gasteiger partial charge in [-0.2, -0.15) is 0 Å². The molecule has 0 saturated carbocycles. The van der Waals surface area contributed by atoms with E-state index in [-0.39, 0.29) is 5.91 Å². The van der Waals surface area contributed by atoms with Gasteiger partial charge in [-0.3, -0.25) is 4.79 Å². The van der Waals surface area contributed by atoms with Crippen LogP contribution in [0.2, 0.25) is 0 Å². The Kier molecular flexibility index (Phi) is 6.03. The van der Waals surface area contributed by atoms with Gasteiger partial charge in [0.25, 0.3) is 5.91 Å². The number of hydrogen-bond acceptors (Lipinski definition) is 3. The summed E-state index contributed by atoms with van der Waals surface area (Å²) in [6, 6.07) is 15.1. The first-order valence-electron chi connectivity index (χ1n) is 7.78. The van der Waals surface area contributed by atoms with Crippen LogP contribution in [0, 0.1) is 6.92 Å². The van der Waals surface area contributed by atoms with E-state index in [2.05, 4.69) is 0 Å². The van der Waals surface area contributed by atoms with Crippen LogP contribution in [-0.2, 0) is 0 Å². The molecule has 4 nitrogen and oxygen atoms in total. The first-order valence-corrected chi connectivity index (χ1v) is 7.78. The molecule has 0 N–H and O–H groups in total. The summed E-state index contributed by atoms with van der Waals surface area (Å²) < 4.78 is 11.4. The molecule has 2 aromatic rings. The minimum atomic E-state index is -0.00545. The molecule has 122 valence electrons. The van der Waals surface area contributed by atoms with Gasteiger partial charge in [-0.15, -0.1) is 0 Å². The Balaban J connectivity index is 1.87. The lowest BCUT2D eigenvalue weighted by Crippen LogP contribution is -2.26. The standard InChI is InChI=1S/C19H23NO3/c1-4-20(3)19(21)16-9-7-10-17(14-16)22-12-13-23-18-11-6-5-8-15(18)2/h5-11,14H,4,12-13H2,1-3H3. The van der Waals surface area contributed by atoms with Crippen LogP contribution in [0.1, 0.15) is 22.8 Å². The Morgan fingerprint density at radius 1 is 1.04 bits per heavy atom. The zero-order chi connectivity index (χ0) is 16.7. The fraction of sp³-hybridized carbons (Fsp3) is 0.316. The van der Waals surface area contributed by atoms with Crippen LogP contribution in [0.25, 0.3) is 0 Å². The van der Waals surface area contributed by atoms with Crippen molar-refractivity contribution in [2.24, 2.45) is 0 Å². The maximum absolute atomic E-state index is 12.1. The number of carbonyl (C=O) groups is 1. The maximum atomic E-state index is 12.1. The normalized spacial score (nSPS) is 10.2. The van der Waals surface area contributed by atoms with Crippen molar-refractivity contribution in [2.75, 3.05) is 26.8 Å². The number of para-hydroxylation sites is 1. The second-order valence-electron chi connectivity index (χ2n) is 5.31. The predicted molar refractivity (Wildman–Crippen MR) is 91.2 cm³/mol. The summed E-state index contributed by atoms with van der Waals surface area (Å²) in [5, 5.41) is 0. The number of nitrogens with zero attached hydrogens (tertiary/aromatic N) is 1. The molecule has 23 heavy (non-hydrogen) atoms. The van der Waals surface area contributed by atoms with Crippen LogP contribution in [0.15, 0.2) is 48.5 Å². The Morgan fingerprint density at radius 2 is 1.78 bits per heavy atom. The summed E-state index contributed by atoms with van der Waals surface area (Å²) >= 11 is 0. The monoisotopic (exact) mass is 313 g/mol. The summed E-state index contributed by atoms with van der Waals surface area (Å²) in [6.45, 7) is 5.51. The molecule has 0 spiro atoms.